The second-order valence-electron chi connectivity index (χ2n) is 9.00. The van der Waals surface area contributed by atoms with Gasteiger partial charge in [-0.25, -0.2) is 9.48 Å². The highest BCUT2D eigenvalue weighted by Gasteiger charge is 2.28. The standard InChI is InChI=1S/C27H30ClN3O2/c1-16(2)20-7-10-22(11-8-20)29-27(32)33-24-13-9-21(14-24)26-18(4)30-31(19(26)5)23-12-6-17(3)25(28)15-23/h6-13,15-16,21,24H,14H2,1-5H3,(H,29,32)/t21-,24-/m1/s1. The first-order valence-electron chi connectivity index (χ1n) is 11.3. The van der Waals surface area contributed by atoms with Gasteiger partial charge in [0.15, 0.2) is 0 Å². The molecule has 4 rings (SSSR count). The van der Waals surface area contributed by atoms with Gasteiger partial charge in [0.2, 0.25) is 0 Å². The minimum Gasteiger partial charge on any atom is -0.442 e. The second-order valence-corrected chi connectivity index (χ2v) is 9.41. The largest absolute Gasteiger partial charge is 0.442 e. The third-order valence-electron chi connectivity index (χ3n) is 6.24. The molecule has 5 nitrogen and oxygen atoms in total. The van der Waals surface area contributed by atoms with Crippen LogP contribution in [-0.2, 0) is 4.74 Å². The number of amides is 1. The minimum absolute atomic E-state index is 0.141. The zero-order valence-electron chi connectivity index (χ0n) is 19.7. The summed E-state index contributed by atoms with van der Waals surface area (Å²) in [5.41, 5.74) is 7.14. The van der Waals surface area contributed by atoms with Crippen molar-refractivity contribution in [1.82, 2.24) is 9.78 Å². The number of halogens is 1. The highest BCUT2D eigenvalue weighted by Crippen LogP contribution is 2.35. The predicted molar refractivity (Wildman–Crippen MR) is 134 cm³/mol. The third kappa shape index (κ3) is 4.98. The van der Waals surface area contributed by atoms with Gasteiger partial charge in [-0.05, 0) is 74.6 Å². The summed E-state index contributed by atoms with van der Waals surface area (Å²) in [5.74, 6) is 0.591. The van der Waals surface area contributed by atoms with Gasteiger partial charge in [-0.3, -0.25) is 5.32 Å². The number of anilines is 1. The normalized spacial score (nSPS) is 17.5. The summed E-state index contributed by atoms with van der Waals surface area (Å²) in [6.07, 6.45) is 4.05. The number of rotatable bonds is 5. The van der Waals surface area contributed by atoms with Crippen LogP contribution in [0.15, 0.2) is 54.6 Å². The van der Waals surface area contributed by atoms with E-state index in [1.54, 1.807) is 0 Å². The van der Waals surface area contributed by atoms with Crippen LogP contribution < -0.4 is 5.32 Å². The van der Waals surface area contributed by atoms with Crippen molar-refractivity contribution in [1.29, 1.82) is 0 Å². The Bertz CT molecular complexity index is 1190. The molecule has 0 saturated heterocycles. The number of allylic oxidation sites excluding steroid dienone is 1. The van der Waals surface area contributed by atoms with E-state index in [-0.39, 0.29) is 12.0 Å². The highest BCUT2D eigenvalue weighted by atomic mass is 35.5. The Morgan fingerprint density at radius 1 is 1.12 bits per heavy atom. The fourth-order valence-corrected chi connectivity index (χ4v) is 4.53. The van der Waals surface area contributed by atoms with E-state index in [1.165, 1.54) is 11.1 Å². The minimum atomic E-state index is -0.443. The number of ether oxygens (including phenoxy) is 1. The first-order chi connectivity index (χ1) is 15.7. The number of aryl methyl sites for hydroxylation is 2. The molecule has 0 aliphatic heterocycles. The van der Waals surface area contributed by atoms with Crippen molar-refractivity contribution >= 4 is 23.4 Å². The summed E-state index contributed by atoms with van der Waals surface area (Å²) in [6.45, 7) is 10.4. The summed E-state index contributed by atoms with van der Waals surface area (Å²) >= 11 is 6.33. The Balaban J connectivity index is 1.41. The molecule has 33 heavy (non-hydrogen) atoms. The van der Waals surface area contributed by atoms with E-state index in [2.05, 4.69) is 32.2 Å². The number of aromatic nitrogens is 2. The van der Waals surface area contributed by atoms with Gasteiger partial charge in [-0.15, -0.1) is 0 Å². The van der Waals surface area contributed by atoms with Crippen LogP contribution in [0.5, 0.6) is 0 Å². The molecular formula is C27H30ClN3O2. The van der Waals surface area contributed by atoms with Gasteiger partial charge in [0.05, 0.1) is 11.4 Å². The molecule has 1 N–H and O–H groups in total. The molecule has 0 radical (unpaired) electrons. The van der Waals surface area contributed by atoms with E-state index in [9.17, 15) is 4.79 Å². The predicted octanol–water partition coefficient (Wildman–Crippen LogP) is 7.24. The van der Waals surface area contributed by atoms with Gasteiger partial charge < -0.3 is 4.74 Å². The molecule has 6 heteroatoms. The van der Waals surface area contributed by atoms with Crippen molar-refractivity contribution in [2.24, 2.45) is 0 Å². The van der Waals surface area contributed by atoms with Gasteiger partial charge in [0.1, 0.15) is 6.10 Å². The molecule has 3 aromatic rings. The summed E-state index contributed by atoms with van der Waals surface area (Å²) < 4.78 is 7.60. The number of carbonyl (C=O) groups is 1. The van der Waals surface area contributed by atoms with Crippen molar-refractivity contribution < 1.29 is 9.53 Å². The Labute approximate surface area is 200 Å². The number of hydrogen-bond donors (Lipinski definition) is 1. The molecule has 0 spiro atoms. The van der Waals surface area contributed by atoms with Crippen molar-refractivity contribution in [3.8, 4) is 5.69 Å². The highest BCUT2D eigenvalue weighted by molar-refractivity contribution is 6.31. The molecule has 1 amide bonds. The average Bonchev–Trinajstić information content (AvgIpc) is 3.33. The second kappa shape index (κ2) is 9.44. The van der Waals surface area contributed by atoms with Crippen LogP contribution >= 0.6 is 11.6 Å². The van der Waals surface area contributed by atoms with Crippen molar-refractivity contribution in [2.45, 2.75) is 59.0 Å². The van der Waals surface area contributed by atoms with E-state index < -0.39 is 6.09 Å². The molecule has 1 aromatic heterocycles. The summed E-state index contributed by atoms with van der Waals surface area (Å²) in [4.78, 5) is 12.4. The van der Waals surface area contributed by atoms with Gasteiger partial charge in [0, 0.05) is 27.9 Å². The smallest absolute Gasteiger partial charge is 0.412 e. The molecular weight excluding hydrogens is 434 g/mol. The molecule has 172 valence electrons. The van der Waals surface area contributed by atoms with E-state index in [0.29, 0.717) is 12.3 Å². The van der Waals surface area contributed by atoms with Crippen LogP contribution in [0.3, 0.4) is 0 Å². The number of nitrogens with zero attached hydrogens (tertiary/aromatic N) is 2. The number of hydrogen-bond acceptors (Lipinski definition) is 3. The lowest BCUT2D eigenvalue weighted by Gasteiger charge is -2.15. The van der Waals surface area contributed by atoms with E-state index in [4.69, 9.17) is 21.4 Å². The maximum atomic E-state index is 12.4. The van der Waals surface area contributed by atoms with E-state index in [1.807, 2.05) is 67.1 Å². The summed E-state index contributed by atoms with van der Waals surface area (Å²) in [6, 6.07) is 13.8. The zero-order chi connectivity index (χ0) is 23.7. The van der Waals surface area contributed by atoms with Gasteiger partial charge in [0.25, 0.3) is 0 Å². The fraction of sp³-hybridized carbons (Fsp3) is 0.333. The molecule has 2 atom stereocenters. The number of benzene rings is 2. The molecule has 0 fully saturated rings. The molecule has 0 bridgehead atoms. The SMILES string of the molecule is Cc1ccc(-n2nc(C)c([C@@H]3C=C[C@@H](OC(=O)Nc4ccc(C(C)C)cc4)C3)c2C)cc1Cl. The van der Waals surface area contributed by atoms with Crippen LogP contribution in [0.25, 0.3) is 5.69 Å². The first-order valence-corrected chi connectivity index (χ1v) is 11.7. The van der Waals surface area contributed by atoms with Crippen LogP contribution in [0.1, 0.15) is 60.2 Å². The monoisotopic (exact) mass is 463 g/mol. The quantitative estimate of drug-likeness (QED) is 0.406. The number of carbonyl (C=O) groups excluding carboxylic acids is 1. The van der Waals surface area contributed by atoms with Gasteiger partial charge in [-0.1, -0.05) is 49.7 Å². The fourth-order valence-electron chi connectivity index (χ4n) is 4.36. The van der Waals surface area contributed by atoms with Crippen LogP contribution in [-0.4, -0.2) is 22.0 Å². The average molecular weight is 464 g/mol. The summed E-state index contributed by atoms with van der Waals surface area (Å²) in [7, 11) is 0. The molecule has 1 aliphatic carbocycles. The maximum absolute atomic E-state index is 12.4. The van der Waals surface area contributed by atoms with E-state index >= 15 is 0 Å². The lowest BCUT2D eigenvalue weighted by Crippen LogP contribution is -2.20. The van der Waals surface area contributed by atoms with Crippen LogP contribution in [0.4, 0.5) is 10.5 Å². The lowest BCUT2D eigenvalue weighted by molar-refractivity contribution is 0.132. The topological polar surface area (TPSA) is 56.2 Å². The van der Waals surface area contributed by atoms with Gasteiger partial charge >= 0.3 is 6.09 Å². The van der Waals surface area contributed by atoms with Crippen LogP contribution in [0.2, 0.25) is 5.02 Å². The van der Waals surface area contributed by atoms with Crippen molar-refractivity contribution in [3.63, 3.8) is 0 Å². The molecule has 0 saturated carbocycles. The Hall–Kier alpha value is -3.05. The number of nitrogens with one attached hydrogen (secondary N) is 1. The summed E-state index contributed by atoms with van der Waals surface area (Å²) in [5, 5.41) is 8.31. The molecule has 1 heterocycles. The molecule has 0 unspecified atom stereocenters. The zero-order valence-corrected chi connectivity index (χ0v) is 20.5. The Morgan fingerprint density at radius 2 is 1.85 bits per heavy atom. The lowest BCUT2D eigenvalue weighted by atomic mass is 9.96. The third-order valence-corrected chi connectivity index (χ3v) is 6.65. The van der Waals surface area contributed by atoms with Crippen molar-refractivity contribution in [2.75, 3.05) is 5.32 Å². The Kier molecular flexibility index (Phi) is 6.61. The Morgan fingerprint density at radius 3 is 2.52 bits per heavy atom. The van der Waals surface area contributed by atoms with E-state index in [0.717, 1.165) is 33.3 Å². The van der Waals surface area contributed by atoms with Crippen molar-refractivity contribution in [3.05, 3.63) is 87.7 Å². The van der Waals surface area contributed by atoms with Gasteiger partial charge in [-0.2, -0.15) is 5.10 Å². The van der Waals surface area contributed by atoms with Crippen LogP contribution in [0, 0.1) is 20.8 Å². The molecule has 1 aliphatic rings. The first kappa shape index (κ1) is 23.1. The maximum Gasteiger partial charge on any atom is 0.412 e. The molecule has 2 aromatic carbocycles.